The lowest BCUT2D eigenvalue weighted by Crippen LogP contribution is -2.13. The summed E-state index contributed by atoms with van der Waals surface area (Å²) in [5.74, 6) is -0.954. The van der Waals surface area contributed by atoms with Gasteiger partial charge in [0.1, 0.15) is 23.7 Å². The van der Waals surface area contributed by atoms with E-state index in [4.69, 9.17) is 19.3 Å². The average molecular weight is 330 g/mol. The lowest BCUT2D eigenvalue weighted by atomic mass is 10.2. The van der Waals surface area contributed by atoms with E-state index < -0.39 is 11.9 Å². The largest absolute Gasteiger partial charge is 0.490 e. The highest BCUT2D eigenvalue weighted by atomic mass is 16.5. The van der Waals surface area contributed by atoms with Gasteiger partial charge in [-0.15, -0.1) is 0 Å². The van der Waals surface area contributed by atoms with Crippen LogP contribution in [-0.2, 0) is 4.74 Å². The first kappa shape index (κ1) is 17.5. The Morgan fingerprint density at radius 1 is 1.00 bits per heavy atom. The minimum Gasteiger partial charge on any atom is -0.490 e. The van der Waals surface area contributed by atoms with E-state index in [2.05, 4.69) is 0 Å². The second-order valence-electron chi connectivity index (χ2n) is 4.76. The maximum atomic E-state index is 12.3. The minimum atomic E-state index is -1.04. The van der Waals surface area contributed by atoms with Crippen LogP contribution < -0.4 is 9.47 Å². The summed E-state index contributed by atoms with van der Waals surface area (Å²) in [6.45, 7) is 3.24. The lowest BCUT2D eigenvalue weighted by molar-refractivity contribution is 0.0696. The van der Waals surface area contributed by atoms with Gasteiger partial charge in [-0.3, -0.25) is 0 Å². The van der Waals surface area contributed by atoms with Gasteiger partial charge in [0, 0.05) is 6.61 Å². The number of carbonyl (C=O) groups is 2. The van der Waals surface area contributed by atoms with Gasteiger partial charge >= 0.3 is 11.9 Å². The third kappa shape index (κ3) is 4.82. The smallest absolute Gasteiger partial charge is 0.347 e. The molecule has 0 amide bonds. The number of ether oxygens (including phenoxy) is 3. The van der Waals surface area contributed by atoms with Crippen LogP contribution in [0.5, 0.6) is 11.5 Å². The van der Waals surface area contributed by atoms with E-state index in [1.165, 1.54) is 24.3 Å². The quantitative estimate of drug-likeness (QED) is 0.455. The molecule has 126 valence electrons. The monoisotopic (exact) mass is 330 g/mol. The molecule has 0 aliphatic heterocycles. The molecule has 24 heavy (non-hydrogen) atoms. The van der Waals surface area contributed by atoms with Crippen molar-refractivity contribution in [1.82, 2.24) is 0 Å². The first-order valence-corrected chi connectivity index (χ1v) is 7.47. The number of hydrogen-bond donors (Lipinski definition) is 1. The lowest BCUT2D eigenvalue weighted by Gasteiger charge is -2.11. The Morgan fingerprint density at radius 3 is 2.38 bits per heavy atom. The standard InChI is InChI=1S/C18H18O6/c1-2-22-11-12-23-16-6-4-3-5-15(16)18(21)24-14-9-7-13(8-10-14)17(19)20/h3-10H,2,11-12H2,1H3,(H,19,20). The van der Waals surface area contributed by atoms with Crippen molar-refractivity contribution in [2.75, 3.05) is 19.8 Å². The molecule has 2 aromatic carbocycles. The molecule has 0 spiro atoms. The molecule has 0 fully saturated rings. The molecule has 0 saturated heterocycles. The number of carboxylic acid groups (broad SMARTS) is 1. The molecular weight excluding hydrogens is 312 g/mol. The van der Waals surface area contributed by atoms with Crippen LogP contribution in [0.3, 0.4) is 0 Å². The third-order valence-corrected chi connectivity index (χ3v) is 3.11. The van der Waals surface area contributed by atoms with Crippen LogP contribution in [0.15, 0.2) is 48.5 Å². The summed E-state index contributed by atoms with van der Waals surface area (Å²) < 4.78 is 16.0. The Morgan fingerprint density at radius 2 is 1.71 bits per heavy atom. The van der Waals surface area contributed by atoms with Crippen molar-refractivity contribution in [3.63, 3.8) is 0 Å². The zero-order valence-electron chi connectivity index (χ0n) is 13.2. The van der Waals surface area contributed by atoms with Gasteiger partial charge in [0.2, 0.25) is 0 Å². The van der Waals surface area contributed by atoms with E-state index in [9.17, 15) is 9.59 Å². The number of esters is 1. The predicted molar refractivity (Wildman–Crippen MR) is 86.8 cm³/mol. The number of rotatable bonds is 8. The van der Waals surface area contributed by atoms with Crippen LogP contribution in [0, 0.1) is 0 Å². The van der Waals surface area contributed by atoms with E-state index >= 15 is 0 Å². The van der Waals surface area contributed by atoms with E-state index in [1.54, 1.807) is 24.3 Å². The molecule has 2 aromatic rings. The van der Waals surface area contributed by atoms with Crippen LogP contribution >= 0.6 is 0 Å². The maximum Gasteiger partial charge on any atom is 0.347 e. The highest BCUT2D eigenvalue weighted by molar-refractivity contribution is 5.94. The fraction of sp³-hybridized carbons (Fsp3) is 0.222. The molecule has 0 aromatic heterocycles. The van der Waals surface area contributed by atoms with Crippen molar-refractivity contribution in [1.29, 1.82) is 0 Å². The first-order chi connectivity index (χ1) is 11.6. The molecular formula is C18H18O6. The zero-order valence-corrected chi connectivity index (χ0v) is 13.2. The molecule has 0 radical (unpaired) electrons. The predicted octanol–water partition coefficient (Wildman–Crippen LogP) is 3.02. The van der Waals surface area contributed by atoms with Gasteiger partial charge in [0.15, 0.2) is 0 Å². The number of carboxylic acids is 1. The van der Waals surface area contributed by atoms with Gasteiger partial charge in [-0.1, -0.05) is 12.1 Å². The number of benzene rings is 2. The Balaban J connectivity index is 2.05. The zero-order chi connectivity index (χ0) is 17.4. The van der Waals surface area contributed by atoms with Crippen molar-refractivity contribution in [3.8, 4) is 11.5 Å². The number of para-hydroxylation sites is 1. The molecule has 0 aliphatic rings. The van der Waals surface area contributed by atoms with Gasteiger partial charge in [0.25, 0.3) is 0 Å². The maximum absolute atomic E-state index is 12.3. The van der Waals surface area contributed by atoms with E-state index in [-0.39, 0.29) is 16.9 Å². The molecule has 6 heteroatoms. The number of carbonyl (C=O) groups excluding carboxylic acids is 1. The topological polar surface area (TPSA) is 82.1 Å². The normalized spacial score (nSPS) is 10.2. The molecule has 0 unspecified atom stereocenters. The summed E-state index contributed by atoms with van der Waals surface area (Å²) in [6.07, 6.45) is 0. The fourth-order valence-electron chi connectivity index (χ4n) is 1.94. The van der Waals surface area contributed by atoms with Gasteiger partial charge in [-0.05, 0) is 43.3 Å². The van der Waals surface area contributed by atoms with E-state index in [0.717, 1.165) is 0 Å². The Bertz CT molecular complexity index is 693. The first-order valence-electron chi connectivity index (χ1n) is 7.47. The molecule has 0 saturated carbocycles. The van der Waals surface area contributed by atoms with Crippen LogP contribution in [0.25, 0.3) is 0 Å². The molecule has 0 bridgehead atoms. The van der Waals surface area contributed by atoms with Crippen molar-refractivity contribution in [2.45, 2.75) is 6.92 Å². The molecule has 0 heterocycles. The summed E-state index contributed by atoms with van der Waals surface area (Å²) in [7, 11) is 0. The van der Waals surface area contributed by atoms with Crippen molar-refractivity contribution < 1.29 is 28.9 Å². The van der Waals surface area contributed by atoms with Gasteiger partial charge < -0.3 is 19.3 Å². The summed E-state index contributed by atoms with van der Waals surface area (Å²) in [5.41, 5.74) is 0.408. The van der Waals surface area contributed by atoms with Gasteiger partial charge in [-0.2, -0.15) is 0 Å². The number of hydrogen-bond acceptors (Lipinski definition) is 5. The van der Waals surface area contributed by atoms with Crippen LogP contribution in [0.1, 0.15) is 27.6 Å². The van der Waals surface area contributed by atoms with Crippen molar-refractivity contribution in [3.05, 3.63) is 59.7 Å². The van der Waals surface area contributed by atoms with Crippen LogP contribution in [0.4, 0.5) is 0 Å². The SMILES string of the molecule is CCOCCOc1ccccc1C(=O)Oc1ccc(C(=O)O)cc1. The summed E-state index contributed by atoms with van der Waals surface area (Å²) >= 11 is 0. The average Bonchev–Trinajstić information content (AvgIpc) is 2.59. The van der Waals surface area contributed by atoms with Crippen molar-refractivity contribution in [2.24, 2.45) is 0 Å². The second-order valence-corrected chi connectivity index (χ2v) is 4.76. The molecule has 0 aliphatic carbocycles. The Labute approximate surface area is 139 Å². The highest BCUT2D eigenvalue weighted by Crippen LogP contribution is 2.21. The van der Waals surface area contributed by atoms with Gasteiger partial charge in [0.05, 0.1) is 12.2 Å². The summed E-state index contributed by atoms with van der Waals surface area (Å²) in [4.78, 5) is 23.1. The highest BCUT2D eigenvalue weighted by Gasteiger charge is 2.15. The Hall–Kier alpha value is -2.86. The van der Waals surface area contributed by atoms with Crippen LogP contribution in [-0.4, -0.2) is 36.9 Å². The second kappa shape index (κ2) is 8.69. The minimum absolute atomic E-state index is 0.120. The fourth-order valence-corrected chi connectivity index (χ4v) is 1.94. The summed E-state index contributed by atoms with van der Waals surface area (Å²) in [6, 6.07) is 12.3. The molecule has 0 atom stereocenters. The molecule has 6 nitrogen and oxygen atoms in total. The Kier molecular flexibility index (Phi) is 6.33. The van der Waals surface area contributed by atoms with Crippen LogP contribution in [0.2, 0.25) is 0 Å². The molecule has 2 rings (SSSR count). The molecule has 1 N–H and O–H groups in total. The van der Waals surface area contributed by atoms with Gasteiger partial charge in [-0.25, -0.2) is 9.59 Å². The van der Waals surface area contributed by atoms with E-state index in [0.29, 0.717) is 25.6 Å². The van der Waals surface area contributed by atoms with Crippen molar-refractivity contribution >= 4 is 11.9 Å². The number of aromatic carboxylic acids is 1. The third-order valence-electron chi connectivity index (χ3n) is 3.11. The van der Waals surface area contributed by atoms with E-state index in [1.807, 2.05) is 6.92 Å². The summed E-state index contributed by atoms with van der Waals surface area (Å²) in [5, 5.41) is 8.86.